The molecule has 0 atom stereocenters. The van der Waals surface area contributed by atoms with Crippen LogP contribution in [0.15, 0.2) is 46.0 Å². The first-order valence-corrected chi connectivity index (χ1v) is 12.2. The van der Waals surface area contributed by atoms with Crippen LogP contribution < -0.4 is 20.5 Å². The minimum atomic E-state index is -0.513. The first-order valence-electron chi connectivity index (χ1n) is 10.6. The fraction of sp³-hybridized carbons (Fsp3) is 0.261. The number of piperidine rings is 1. The second kappa shape index (κ2) is 9.50. The molecule has 0 unspecified atom stereocenters. The largest absolute Gasteiger partial charge is 0.493 e. The smallest absolute Gasteiger partial charge is 0.354 e. The Bertz CT molecular complexity index is 1370. The summed E-state index contributed by atoms with van der Waals surface area (Å²) < 4.78 is 15.7. The maximum Gasteiger partial charge on any atom is 0.354 e. The monoisotopic (exact) mass is 517 g/mol. The zero-order chi connectivity index (χ0) is 23.8. The Morgan fingerprint density at radius 3 is 2.74 bits per heavy atom. The van der Waals surface area contributed by atoms with E-state index in [9.17, 15) is 4.79 Å². The van der Waals surface area contributed by atoms with Crippen LogP contribution in [-0.2, 0) is 0 Å². The predicted molar refractivity (Wildman–Crippen MR) is 139 cm³/mol. The van der Waals surface area contributed by atoms with Crippen molar-refractivity contribution in [1.82, 2.24) is 13.9 Å². The molecule has 2 aliphatic rings. The van der Waals surface area contributed by atoms with E-state index in [0.29, 0.717) is 49.6 Å². The number of anilines is 1. The van der Waals surface area contributed by atoms with Gasteiger partial charge in [-0.25, -0.2) is 18.7 Å². The molecule has 11 heteroatoms. The van der Waals surface area contributed by atoms with Crippen LogP contribution in [0.5, 0.6) is 11.5 Å². The van der Waals surface area contributed by atoms with Gasteiger partial charge in [-0.15, -0.1) is 0 Å². The summed E-state index contributed by atoms with van der Waals surface area (Å²) >= 11 is 13.9. The number of benzene rings is 2. The predicted octanol–water partition coefficient (Wildman–Crippen LogP) is 5.42. The fourth-order valence-corrected chi connectivity index (χ4v) is 5.08. The van der Waals surface area contributed by atoms with E-state index in [1.807, 2.05) is 11.5 Å². The third-order valence-corrected chi connectivity index (χ3v) is 7.30. The number of ether oxygens (including phenoxy) is 2. The summed E-state index contributed by atoms with van der Waals surface area (Å²) in [4.78, 5) is 22.2. The number of methoxy groups -OCH3 is 1. The van der Waals surface area contributed by atoms with E-state index < -0.39 is 5.69 Å². The number of nitrogens with zero attached hydrogens (tertiary/aromatic N) is 4. The van der Waals surface area contributed by atoms with E-state index >= 15 is 0 Å². The molecule has 34 heavy (non-hydrogen) atoms. The summed E-state index contributed by atoms with van der Waals surface area (Å²) in [6.45, 7) is 5.52. The summed E-state index contributed by atoms with van der Waals surface area (Å²) in [5.41, 5.74) is 1.11. The van der Waals surface area contributed by atoms with Crippen LogP contribution in [0, 0.1) is 0 Å². The van der Waals surface area contributed by atoms with Gasteiger partial charge in [-0.3, -0.25) is 0 Å². The quantitative estimate of drug-likeness (QED) is 0.437. The molecule has 0 radical (unpaired) electrons. The van der Waals surface area contributed by atoms with E-state index in [2.05, 4.69) is 26.2 Å². The minimum absolute atomic E-state index is 0.0354. The molecule has 3 heterocycles. The number of hydrogen-bond donors (Lipinski definition) is 1. The van der Waals surface area contributed by atoms with E-state index in [4.69, 9.17) is 32.7 Å². The second-order valence-corrected chi connectivity index (χ2v) is 9.63. The number of aliphatic imine (C=N–C) groups is 1. The molecule has 8 nitrogen and oxygen atoms in total. The van der Waals surface area contributed by atoms with E-state index in [1.165, 1.54) is 10.9 Å². The van der Waals surface area contributed by atoms with Crippen molar-refractivity contribution in [2.24, 2.45) is 4.99 Å². The molecule has 1 fully saturated rings. The lowest BCUT2D eigenvalue weighted by atomic mass is 10.1. The third-order valence-electron chi connectivity index (χ3n) is 5.75. The molecule has 2 aliphatic heterocycles. The fourth-order valence-electron chi connectivity index (χ4n) is 4.16. The first kappa shape index (κ1) is 23.0. The maximum atomic E-state index is 13.3. The van der Waals surface area contributed by atoms with Gasteiger partial charge in [-0.05, 0) is 36.4 Å². The van der Waals surface area contributed by atoms with Gasteiger partial charge in [0.25, 0.3) is 0 Å². The lowest BCUT2D eigenvalue weighted by molar-refractivity contribution is 0.136. The van der Waals surface area contributed by atoms with Crippen LogP contribution in [0.2, 0.25) is 10.0 Å². The van der Waals surface area contributed by atoms with Crippen molar-refractivity contribution in [2.45, 2.75) is 18.9 Å². The highest BCUT2D eigenvalue weighted by atomic mass is 35.5. The van der Waals surface area contributed by atoms with Crippen molar-refractivity contribution in [1.29, 1.82) is 0 Å². The molecule has 1 N–H and O–H groups in total. The van der Waals surface area contributed by atoms with Gasteiger partial charge in [-0.2, -0.15) is 4.98 Å². The summed E-state index contributed by atoms with van der Waals surface area (Å²) in [5, 5.41) is 6.33. The van der Waals surface area contributed by atoms with Crippen molar-refractivity contribution in [2.75, 3.05) is 25.5 Å². The normalized spacial score (nSPS) is 15.9. The molecule has 0 aliphatic carbocycles. The van der Waals surface area contributed by atoms with E-state index in [1.54, 1.807) is 37.3 Å². The number of aromatic nitrogens is 2. The Hall–Kier alpha value is -2.72. The number of rotatable bonds is 6. The average molecular weight is 518 g/mol. The van der Waals surface area contributed by atoms with Gasteiger partial charge in [-0.1, -0.05) is 41.7 Å². The minimum Gasteiger partial charge on any atom is -0.493 e. The van der Waals surface area contributed by atoms with Crippen LogP contribution >= 0.6 is 35.1 Å². The molecular formula is C23H21Cl2N5O3S. The summed E-state index contributed by atoms with van der Waals surface area (Å²) in [7, 11) is 1.57. The highest BCUT2D eigenvalue weighted by molar-refractivity contribution is 7.99. The van der Waals surface area contributed by atoms with Crippen LogP contribution in [0.25, 0.3) is 16.6 Å². The topological polar surface area (TPSA) is 81.0 Å². The van der Waals surface area contributed by atoms with Gasteiger partial charge in [0.2, 0.25) is 0 Å². The molecule has 0 amide bonds. The van der Waals surface area contributed by atoms with Gasteiger partial charge in [0, 0.05) is 19.2 Å². The van der Waals surface area contributed by atoms with Crippen LogP contribution in [0.3, 0.4) is 0 Å². The van der Waals surface area contributed by atoms with Crippen molar-refractivity contribution >= 4 is 63.9 Å². The summed E-state index contributed by atoms with van der Waals surface area (Å²) in [6.07, 6.45) is 3.15. The zero-order valence-corrected chi connectivity index (χ0v) is 20.6. The van der Waals surface area contributed by atoms with Gasteiger partial charge < -0.3 is 14.8 Å². The highest BCUT2D eigenvalue weighted by Gasteiger charge is 2.27. The van der Waals surface area contributed by atoms with Crippen molar-refractivity contribution in [3.05, 3.63) is 56.8 Å². The van der Waals surface area contributed by atoms with Gasteiger partial charge in [0.15, 0.2) is 17.3 Å². The third kappa shape index (κ3) is 4.13. The summed E-state index contributed by atoms with van der Waals surface area (Å²) in [5.74, 6) is 1.36. The number of halogens is 2. The SMILES string of the molecule is C=CSN1CCC(Oc2c(OC)cc3c4c(n(-c5ccc(Cl)c(Cl)c5)c(=O)nc24)N=CN3)CC1. The summed E-state index contributed by atoms with van der Waals surface area (Å²) in [6, 6.07) is 6.78. The van der Waals surface area contributed by atoms with Crippen molar-refractivity contribution in [3.63, 3.8) is 0 Å². The lowest BCUT2D eigenvalue weighted by Gasteiger charge is -2.31. The van der Waals surface area contributed by atoms with Gasteiger partial charge in [0.05, 0.1) is 40.3 Å². The Kier molecular flexibility index (Phi) is 6.44. The Morgan fingerprint density at radius 1 is 1.24 bits per heavy atom. The molecule has 176 valence electrons. The van der Waals surface area contributed by atoms with Gasteiger partial charge in [0.1, 0.15) is 11.6 Å². The zero-order valence-electron chi connectivity index (χ0n) is 18.3. The molecule has 5 rings (SSSR count). The number of nitrogens with one attached hydrogen (secondary N) is 1. The Balaban J connectivity index is 1.63. The lowest BCUT2D eigenvalue weighted by Crippen LogP contribution is -2.34. The first-order chi connectivity index (χ1) is 16.5. The van der Waals surface area contributed by atoms with E-state index in [0.717, 1.165) is 25.9 Å². The van der Waals surface area contributed by atoms with Crippen LogP contribution in [0.1, 0.15) is 12.8 Å². The molecule has 0 spiro atoms. The maximum absolute atomic E-state index is 13.3. The Labute approximate surface area is 210 Å². The standard InChI is InChI=1S/C23H21Cl2N5O3S/c1-3-34-29-8-6-14(7-9-29)33-21-18(32-2)11-17-19-20(21)28-23(31)30(22(19)27-12-26-17)13-4-5-15(24)16(25)10-13/h3-5,10-12,14H,1,6-9H2,2H3,(H,26,27). The molecule has 1 aromatic heterocycles. The molecule has 1 saturated heterocycles. The molecule has 3 aromatic rings. The van der Waals surface area contributed by atoms with Crippen molar-refractivity contribution in [3.8, 4) is 17.2 Å². The van der Waals surface area contributed by atoms with Crippen LogP contribution in [-0.4, -0.2) is 46.5 Å². The highest BCUT2D eigenvalue weighted by Crippen LogP contribution is 2.45. The van der Waals surface area contributed by atoms with Crippen LogP contribution in [0.4, 0.5) is 11.5 Å². The Morgan fingerprint density at radius 2 is 2.03 bits per heavy atom. The van der Waals surface area contributed by atoms with Crippen molar-refractivity contribution < 1.29 is 9.47 Å². The molecular weight excluding hydrogens is 497 g/mol. The van der Waals surface area contributed by atoms with Gasteiger partial charge >= 0.3 is 5.69 Å². The molecule has 0 bridgehead atoms. The average Bonchev–Trinajstić information content (AvgIpc) is 2.84. The van der Waals surface area contributed by atoms with E-state index in [-0.39, 0.29) is 6.10 Å². The number of hydrogen-bond acceptors (Lipinski definition) is 8. The molecule has 2 aromatic carbocycles. The second-order valence-electron chi connectivity index (χ2n) is 7.75. The molecule has 0 saturated carbocycles.